The average Bonchev–Trinajstić information content (AvgIpc) is 2.98. The second-order valence-electron chi connectivity index (χ2n) is 6.82. The Morgan fingerprint density at radius 3 is 2.68 bits per heavy atom. The fourth-order valence-electron chi connectivity index (χ4n) is 3.34. The number of benzene rings is 1. The molecule has 154 valence electrons. The van der Waals surface area contributed by atoms with Gasteiger partial charge in [0.25, 0.3) is 0 Å². The fraction of sp³-hybridized carbons (Fsp3) is 0.500. The number of thiazole rings is 1. The van der Waals surface area contributed by atoms with Crippen molar-refractivity contribution in [3.05, 3.63) is 45.7 Å². The number of aromatic nitrogens is 1. The average molecular weight is 517 g/mol. The number of nitrogens with zero attached hydrogens (tertiary/aromatic N) is 3. The highest BCUT2D eigenvalue weighted by molar-refractivity contribution is 14.0. The van der Waals surface area contributed by atoms with Gasteiger partial charge in [0.2, 0.25) is 0 Å². The third kappa shape index (κ3) is 6.30. The zero-order valence-corrected chi connectivity index (χ0v) is 19.8. The summed E-state index contributed by atoms with van der Waals surface area (Å²) in [5.41, 5.74) is 2.03. The zero-order valence-electron chi connectivity index (χ0n) is 16.7. The van der Waals surface area contributed by atoms with E-state index in [4.69, 9.17) is 4.99 Å². The van der Waals surface area contributed by atoms with Crippen molar-refractivity contribution in [3.63, 3.8) is 0 Å². The van der Waals surface area contributed by atoms with E-state index in [0.717, 1.165) is 54.8 Å². The Kier molecular flexibility index (Phi) is 8.94. The normalized spacial score (nSPS) is 15.3. The van der Waals surface area contributed by atoms with Crippen molar-refractivity contribution in [1.82, 2.24) is 15.6 Å². The predicted molar refractivity (Wildman–Crippen MR) is 127 cm³/mol. The molecule has 8 heteroatoms. The fourth-order valence-corrected chi connectivity index (χ4v) is 4.20. The number of hydrogen-bond acceptors (Lipinski definition) is 4. The van der Waals surface area contributed by atoms with Crippen LogP contribution in [-0.2, 0) is 6.54 Å². The van der Waals surface area contributed by atoms with Gasteiger partial charge in [-0.3, -0.25) is 0 Å². The highest BCUT2D eigenvalue weighted by Crippen LogP contribution is 2.21. The summed E-state index contributed by atoms with van der Waals surface area (Å²) >= 11 is 1.71. The summed E-state index contributed by atoms with van der Waals surface area (Å²) in [6.45, 7) is 9.44. The first-order valence-electron chi connectivity index (χ1n) is 9.53. The van der Waals surface area contributed by atoms with Gasteiger partial charge in [-0.1, -0.05) is 6.07 Å². The van der Waals surface area contributed by atoms with Gasteiger partial charge in [0.1, 0.15) is 5.82 Å². The van der Waals surface area contributed by atoms with Crippen LogP contribution < -0.4 is 15.5 Å². The predicted octanol–water partition coefficient (Wildman–Crippen LogP) is 4.24. The molecule has 0 aliphatic carbocycles. The number of rotatable bonds is 5. The molecular weight excluding hydrogens is 488 g/mol. The highest BCUT2D eigenvalue weighted by atomic mass is 127. The summed E-state index contributed by atoms with van der Waals surface area (Å²) in [6.07, 6.45) is 2.00. The van der Waals surface area contributed by atoms with E-state index in [0.29, 0.717) is 12.6 Å². The molecular formula is C20H29FIN5S. The molecule has 1 aliphatic heterocycles. The number of nitrogens with one attached hydrogen (secondary N) is 2. The Morgan fingerprint density at radius 2 is 2.07 bits per heavy atom. The molecule has 1 aliphatic rings. The van der Waals surface area contributed by atoms with Crippen LogP contribution in [0.2, 0.25) is 0 Å². The first-order valence-corrected chi connectivity index (χ1v) is 10.3. The van der Waals surface area contributed by atoms with Crippen LogP contribution in [0.5, 0.6) is 0 Å². The molecule has 2 aromatic rings. The minimum Gasteiger partial charge on any atom is -0.371 e. The van der Waals surface area contributed by atoms with E-state index in [1.54, 1.807) is 23.5 Å². The molecule has 0 spiro atoms. The van der Waals surface area contributed by atoms with E-state index in [-0.39, 0.29) is 29.8 Å². The molecule has 1 aromatic heterocycles. The van der Waals surface area contributed by atoms with Crippen LogP contribution in [0.4, 0.5) is 10.1 Å². The van der Waals surface area contributed by atoms with Gasteiger partial charge < -0.3 is 15.5 Å². The molecule has 2 N–H and O–H groups in total. The van der Waals surface area contributed by atoms with Crippen LogP contribution in [-0.4, -0.2) is 36.6 Å². The molecule has 0 bridgehead atoms. The third-order valence-corrected chi connectivity index (χ3v) is 5.79. The van der Waals surface area contributed by atoms with Crippen molar-refractivity contribution in [2.45, 2.75) is 46.2 Å². The van der Waals surface area contributed by atoms with Crippen LogP contribution in [0.15, 0.2) is 29.3 Å². The highest BCUT2D eigenvalue weighted by Gasteiger charge is 2.20. The van der Waals surface area contributed by atoms with Crippen LogP contribution in [0.3, 0.4) is 0 Å². The lowest BCUT2D eigenvalue weighted by Gasteiger charge is -2.34. The molecule has 5 nitrogen and oxygen atoms in total. The topological polar surface area (TPSA) is 52.6 Å². The second-order valence-corrected chi connectivity index (χ2v) is 8.11. The number of guanidine groups is 1. The molecule has 0 unspecified atom stereocenters. The largest absolute Gasteiger partial charge is 0.371 e. The van der Waals surface area contributed by atoms with E-state index in [9.17, 15) is 4.39 Å². The van der Waals surface area contributed by atoms with E-state index in [1.165, 1.54) is 10.9 Å². The van der Waals surface area contributed by atoms with Crippen molar-refractivity contribution < 1.29 is 4.39 Å². The molecule has 0 saturated carbocycles. The summed E-state index contributed by atoms with van der Waals surface area (Å²) in [6, 6.07) is 7.22. The zero-order chi connectivity index (χ0) is 19.2. The monoisotopic (exact) mass is 517 g/mol. The summed E-state index contributed by atoms with van der Waals surface area (Å²) in [5.74, 6) is 0.676. The number of anilines is 1. The lowest BCUT2D eigenvalue weighted by atomic mass is 10.0. The van der Waals surface area contributed by atoms with E-state index < -0.39 is 0 Å². The van der Waals surface area contributed by atoms with Crippen LogP contribution in [0.25, 0.3) is 0 Å². The standard InChI is InChI=1S/C20H28FN5S.HI/c1-4-22-20(23-13-19-14(2)24-15(3)27-19)25-17-8-10-26(11-9-17)18-7-5-6-16(21)12-18;/h5-7,12,17H,4,8-11,13H2,1-3H3,(H2,22,23,25);1H. The number of aryl methyl sites for hydroxylation is 2. The minimum atomic E-state index is -0.178. The van der Waals surface area contributed by atoms with Crippen molar-refractivity contribution in [3.8, 4) is 0 Å². The molecule has 28 heavy (non-hydrogen) atoms. The third-order valence-electron chi connectivity index (χ3n) is 4.73. The molecule has 0 atom stereocenters. The van der Waals surface area contributed by atoms with Gasteiger partial charge in [0, 0.05) is 36.2 Å². The molecule has 0 radical (unpaired) electrons. The van der Waals surface area contributed by atoms with Crippen molar-refractivity contribution in [2.24, 2.45) is 4.99 Å². The van der Waals surface area contributed by atoms with Gasteiger partial charge in [0.05, 0.1) is 17.2 Å². The molecule has 1 saturated heterocycles. The number of halogens is 2. The van der Waals surface area contributed by atoms with Gasteiger partial charge >= 0.3 is 0 Å². The molecule has 1 fully saturated rings. The van der Waals surface area contributed by atoms with E-state index >= 15 is 0 Å². The minimum absolute atomic E-state index is 0. The Balaban J connectivity index is 0.00000280. The lowest BCUT2D eigenvalue weighted by molar-refractivity contribution is 0.461. The molecule has 0 amide bonds. The lowest BCUT2D eigenvalue weighted by Crippen LogP contribution is -2.48. The van der Waals surface area contributed by atoms with Crippen molar-refractivity contribution in [2.75, 3.05) is 24.5 Å². The van der Waals surface area contributed by atoms with Crippen molar-refractivity contribution in [1.29, 1.82) is 0 Å². The smallest absolute Gasteiger partial charge is 0.191 e. The SMILES string of the molecule is CCNC(=NCc1sc(C)nc1C)NC1CCN(c2cccc(F)c2)CC1.I. The first-order chi connectivity index (χ1) is 13.0. The van der Waals surface area contributed by atoms with Gasteiger partial charge in [-0.05, 0) is 51.8 Å². The van der Waals surface area contributed by atoms with Crippen LogP contribution >= 0.6 is 35.3 Å². The van der Waals surface area contributed by atoms with E-state index in [1.807, 2.05) is 19.9 Å². The Hall–Kier alpha value is -1.42. The Labute approximate surface area is 187 Å². The summed E-state index contributed by atoms with van der Waals surface area (Å²) in [5, 5.41) is 7.98. The Morgan fingerprint density at radius 1 is 1.32 bits per heavy atom. The first kappa shape index (κ1) is 22.9. The number of aliphatic imine (C=N–C) groups is 1. The second kappa shape index (κ2) is 10.9. The summed E-state index contributed by atoms with van der Waals surface area (Å²) in [7, 11) is 0. The van der Waals surface area contributed by atoms with Crippen LogP contribution in [0.1, 0.15) is 35.3 Å². The quantitative estimate of drug-likeness (QED) is 0.354. The Bertz CT molecular complexity index is 787. The van der Waals surface area contributed by atoms with Gasteiger partial charge in [-0.15, -0.1) is 35.3 Å². The molecule has 1 aromatic carbocycles. The number of hydrogen-bond donors (Lipinski definition) is 2. The van der Waals surface area contributed by atoms with Crippen LogP contribution in [0, 0.1) is 19.7 Å². The number of piperidine rings is 1. The maximum atomic E-state index is 13.4. The molecule has 2 heterocycles. The van der Waals surface area contributed by atoms with E-state index in [2.05, 4.69) is 27.4 Å². The van der Waals surface area contributed by atoms with Gasteiger partial charge in [-0.25, -0.2) is 14.4 Å². The summed E-state index contributed by atoms with van der Waals surface area (Å²) in [4.78, 5) is 12.7. The van der Waals surface area contributed by atoms with Gasteiger partial charge in [-0.2, -0.15) is 0 Å². The summed E-state index contributed by atoms with van der Waals surface area (Å²) < 4.78 is 13.4. The maximum absolute atomic E-state index is 13.4. The van der Waals surface area contributed by atoms with Gasteiger partial charge in [0.15, 0.2) is 5.96 Å². The van der Waals surface area contributed by atoms with Crippen molar-refractivity contribution >= 4 is 47.0 Å². The maximum Gasteiger partial charge on any atom is 0.191 e. The molecule has 3 rings (SSSR count).